The Kier molecular flexibility index (Phi) is 2.62. The predicted octanol–water partition coefficient (Wildman–Crippen LogP) is 5.19. The fourth-order valence-corrected chi connectivity index (χ4v) is 2.71. The number of furan rings is 1. The molecule has 4 heteroatoms. The molecule has 1 aromatic heterocycles. The van der Waals surface area contributed by atoms with Crippen molar-refractivity contribution >= 4 is 17.9 Å². The zero-order valence-electron chi connectivity index (χ0n) is 10.8. The van der Waals surface area contributed by atoms with Crippen LogP contribution in [0.3, 0.4) is 0 Å². The molecular formula is C17H9ClO3. The van der Waals surface area contributed by atoms with Gasteiger partial charge in [0.2, 0.25) is 0 Å². The average molecular weight is 297 g/mol. The zero-order chi connectivity index (χ0) is 14.4. The maximum atomic E-state index is 11.1. The number of carbonyl (C=O) groups excluding carboxylic acids is 1. The number of ether oxygens (including phenoxy) is 1. The number of hydrogen-bond acceptors (Lipinski definition) is 3. The summed E-state index contributed by atoms with van der Waals surface area (Å²) in [4.78, 5) is 11.1. The van der Waals surface area contributed by atoms with E-state index in [1.165, 1.54) is 0 Å². The summed E-state index contributed by atoms with van der Waals surface area (Å²) in [5, 5.41) is 0.582. The molecule has 3 nitrogen and oxygen atoms in total. The number of hydrogen-bond donors (Lipinski definition) is 0. The van der Waals surface area contributed by atoms with E-state index in [9.17, 15) is 4.79 Å². The summed E-state index contributed by atoms with van der Waals surface area (Å²) in [6, 6.07) is 14.7. The van der Waals surface area contributed by atoms with Crippen molar-refractivity contribution in [3.63, 3.8) is 0 Å². The third-order valence-electron chi connectivity index (χ3n) is 3.45. The lowest BCUT2D eigenvalue weighted by Gasteiger charge is -2.08. The van der Waals surface area contributed by atoms with Crippen LogP contribution in [0.5, 0.6) is 11.5 Å². The van der Waals surface area contributed by atoms with Crippen LogP contribution >= 0.6 is 11.6 Å². The predicted molar refractivity (Wildman–Crippen MR) is 80.1 cm³/mol. The van der Waals surface area contributed by atoms with E-state index < -0.39 is 0 Å². The molecule has 0 radical (unpaired) electrons. The Bertz CT molecular complexity index is 864. The largest absolute Gasteiger partial charge is 0.456 e. The van der Waals surface area contributed by atoms with Crippen LogP contribution in [0.25, 0.3) is 22.5 Å². The summed E-state index contributed by atoms with van der Waals surface area (Å²) in [7, 11) is 0. The number of aldehydes is 1. The lowest BCUT2D eigenvalue weighted by atomic mass is 10.0. The van der Waals surface area contributed by atoms with Gasteiger partial charge in [-0.05, 0) is 30.3 Å². The number of carbonyl (C=O) groups is 1. The van der Waals surface area contributed by atoms with Gasteiger partial charge in [0.05, 0.1) is 5.56 Å². The molecule has 102 valence electrons. The molecule has 0 aliphatic carbocycles. The van der Waals surface area contributed by atoms with Crippen LogP contribution in [0.1, 0.15) is 10.6 Å². The van der Waals surface area contributed by atoms with Gasteiger partial charge in [-0.15, -0.1) is 0 Å². The highest BCUT2D eigenvalue weighted by molar-refractivity contribution is 6.31. The third-order valence-corrected chi connectivity index (χ3v) is 3.69. The lowest BCUT2D eigenvalue weighted by Crippen LogP contribution is -1.86. The molecule has 0 atom stereocenters. The van der Waals surface area contributed by atoms with E-state index in [-0.39, 0.29) is 5.76 Å². The number of benzene rings is 2. The Morgan fingerprint density at radius 1 is 0.905 bits per heavy atom. The van der Waals surface area contributed by atoms with Gasteiger partial charge in [0.15, 0.2) is 12.0 Å². The van der Waals surface area contributed by atoms with Crippen molar-refractivity contribution in [3.8, 4) is 33.9 Å². The van der Waals surface area contributed by atoms with E-state index in [0.717, 1.165) is 22.4 Å². The van der Waals surface area contributed by atoms with E-state index in [1.54, 1.807) is 24.3 Å². The summed E-state index contributed by atoms with van der Waals surface area (Å²) in [6.45, 7) is 0. The summed E-state index contributed by atoms with van der Waals surface area (Å²) in [5.41, 5.74) is 2.45. The highest BCUT2D eigenvalue weighted by Gasteiger charge is 2.24. The molecule has 2 aromatic carbocycles. The lowest BCUT2D eigenvalue weighted by molar-refractivity contribution is 0.110. The SMILES string of the molecule is O=Cc1cc2c(o1)-c1cc(Cl)ccc1Oc1ccccc1-2. The van der Waals surface area contributed by atoms with Gasteiger partial charge in [-0.3, -0.25) is 4.79 Å². The molecule has 0 bridgehead atoms. The van der Waals surface area contributed by atoms with Gasteiger partial charge in [-0.1, -0.05) is 29.8 Å². The monoisotopic (exact) mass is 296 g/mol. The molecule has 4 rings (SSSR count). The van der Waals surface area contributed by atoms with Crippen LogP contribution in [0.4, 0.5) is 0 Å². The molecular weight excluding hydrogens is 288 g/mol. The summed E-state index contributed by atoms with van der Waals surface area (Å²) >= 11 is 6.08. The molecule has 0 spiro atoms. The highest BCUT2D eigenvalue weighted by Crippen LogP contribution is 2.48. The number of rotatable bonds is 1. The second-order valence-corrected chi connectivity index (χ2v) is 5.18. The van der Waals surface area contributed by atoms with Gasteiger partial charge in [0.1, 0.15) is 17.3 Å². The normalized spacial score (nSPS) is 11.7. The molecule has 21 heavy (non-hydrogen) atoms. The standard InChI is InChI=1S/C17H9ClO3/c18-10-5-6-16-14(7-10)17-13(8-11(9-19)20-17)12-3-1-2-4-15(12)21-16/h1-9H. The van der Waals surface area contributed by atoms with Crippen molar-refractivity contribution in [1.29, 1.82) is 0 Å². The van der Waals surface area contributed by atoms with Crippen molar-refractivity contribution in [1.82, 2.24) is 0 Å². The molecule has 1 aliphatic heterocycles. The van der Waals surface area contributed by atoms with Gasteiger partial charge in [0.25, 0.3) is 0 Å². The van der Waals surface area contributed by atoms with Crippen molar-refractivity contribution < 1.29 is 13.9 Å². The van der Waals surface area contributed by atoms with Gasteiger partial charge in [-0.2, -0.15) is 0 Å². The van der Waals surface area contributed by atoms with E-state index in [0.29, 0.717) is 22.8 Å². The van der Waals surface area contributed by atoms with Crippen LogP contribution in [0, 0.1) is 0 Å². The molecule has 0 amide bonds. The highest BCUT2D eigenvalue weighted by atomic mass is 35.5. The van der Waals surface area contributed by atoms with Crippen molar-refractivity contribution in [2.75, 3.05) is 0 Å². The van der Waals surface area contributed by atoms with Gasteiger partial charge in [0, 0.05) is 16.1 Å². The van der Waals surface area contributed by atoms with E-state index in [4.69, 9.17) is 20.8 Å². The first-order valence-electron chi connectivity index (χ1n) is 6.42. The van der Waals surface area contributed by atoms with Crippen molar-refractivity contribution in [2.24, 2.45) is 0 Å². The fraction of sp³-hybridized carbons (Fsp3) is 0. The Morgan fingerprint density at radius 3 is 2.57 bits per heavy atom. The molecule has 3 aromatic rings. The minimum atomic E-state index is 0.280. The van der Waals surface area contributed by atoms with Crippen LogP contribution in [-0.4, -0.2) is 6.29 Å². The topological polar surface area (TPSA) is 39.4 Å². The first-order valence-corrected chi connectivity index (χ1v) is 6.80. The molecule has 0 fully saturated rings. The first kappa shape index (κ1) is 12.2. The summed E-state index contributed by atoms with van der Waals surface area (Å²) in [5.74, 6) is 2.25. The zero-order valence-corrected chi connectivity index (χ0v) is 11.6. The Labute approximate surface area is 125 Å². The van der Waals surface area contributed by atoms with E-state index in [1.807, 2.05) is 24.3 Å². The molecule has 0 saturated heterocycles. The second kappa shape index (κ2) is 4.50. The maximum Gasteiger partial charge on any atom is 0.185 e. The summed E-state index contributed by atoms with van der Waals surface area (Å²) in [6.07, 6.45) is 0.697. The molecule has 0 unspecified atom stereocenters. The average Bonchev–Trinajstić information content (AvgIpc) is 2.89. The number of halogens is 1. The Balaban J connectivity index is 2.10. The van der Waals surface area contributed by atoms with Gasteiger partial charge >= 0.3 is 0 Å². The Hall–Kier alpha value is -2.52. The first-order chi connectivity index (χ1) is 10.3. The fourth-order valence-electron chi connectivity index (χ4n) is 2.53. The molecule has 2 heterocycles. The minimum Gasteiger partial charge on any atom is -0.456 e. The molecule has 0 N–H and O–H groups in total. The Morgan fingerprint density at radius 2 is 1.71 bits per heavy atom. The maximum absolute atomic E-state index is 11.1. The third kappa shape index (κ3) is 1.86. The number of para-hydroxylation sites is 1. The number of fused-ring (bicyclic) bond motifs is 5. The van der Waals surface area contributed by atoms with Crippen LogP contribution < -0.4 is 4.74 Å². The van der Waals surface area contributed by atoms with Crippen molar-refractivity contribution in [2.45, 2.75) is 0 Å². The summed E-state index contributed by atoms with van der Waals surface area (Å²) < 4.78 is 11.6. The molecule has 0 saturated carbocycles. The van der Waals surface area contributed by atoms with E-state index >= 15 is 0 Å². The van der Waals surface area contributed by atoms with Gasteiger partial charge < -0.3 is 9.15 Å². The van der Waals surface area contributed by atoms with Crippen molar-refractivity contribution in [3.05, 3.63) is 59.3 Å². The quantitative estimate of drug-likeness (QED) is 0.454. The van der Waals surface area contributed by atoms with Gasteiger partial charge in [-0.25, -0.2) is 0 Å². The van der Waals surface area contributed by atoms with E-state index in [2.05, 4.69) is 0 Å². The smallest absolute Gasteiger partial charge is 0.185 e. The second-order valence-electron chi connectivity index (χ2n) is 4.75. The van der Waals surface area contributed by atoms with Crippen LogP contribution in [-0.2, 0) is 0 Å². The van der Waals surface area contributed by atoms with Crippen LogP contribution in [0.2, 0.25) is 5.02 Å². The van der Waals surface area contributed by atoms with Crippen LogP contribution in [0.15, 0.2) is 52.9 Å². The minimum absolute atomic E-state index is 0.280. The molecule has 1 aliphatic rings.